The second-order valence-corrected chi connectivity index (χ2v) is 5.41. The molecule has 2 aromatic heterocycles. The molecule has 0 saturated heterocycles. The summed E-state index contributed by atoms with van der Waals surface area (Å²) >= 11 is 1.41. The standard InChI is InChI=1S/C14H15N3O3S/c1-9(14(19)20)17(2)12(18)7-10-8-21-13(16-10)11-5-3-4-6-15-11/h3-6,8-9H,7H2,1-2H3,(H,19,20). The second kappa shape index (κ2) is 6.45. The van der Waals surface area contributed by atoms with Crippen LogP contribution < -0.4 is 0 Å². The van der Waals surface area contributed by atoms with Crippen LogP contribution in [0.5, 0.6) is 0 Å². The molecule has 0 fully saturated rings. The molecule has 0 aromatic carbocycles. The number of rotatable bonds is 5. The van der Waals surface area contributed by atoms with Crippen molar-refractivity contribution in [1.29, 1.82) is 0 Å². The monoisotopic (exact) mass is 305 g/mol. The van der Waals surface area contributed by atoms with Crippen molar-refractivity contribution in [1.82, 2.24) is 14.9 Å². The van der Waals surface area contributed by atoms with Crippen LogP contribution in [-0.4, -0.2) is 44.9 Å². The fourth-order valence-corrected chi connectivity index (χ4v) is 2.45. The molecule has 2 rings (SSSR count). The molecule has 110 valence electrons. The summed E-state index contributed by atoms with van der Waals surface area (Å²) in [6, 6.07) is 4.69. The maximum Gasteiger partial charge on any atom is 0.326 e. The first-order valence-corrected chi connectivity index (χ1v) is 7.21. The number of hydrogen-bond donors (Lipinski definition) is 1. The van der Waals surface area contributed by atoms with Gasteiger partial charge < -0.3 is 10.0 Å². The van der Waals surface area contributed by atoms with Crippen molar-refractivity contribution in [2.45, 2.75) is 19.4 Å². The molecule has 0 radical (unpaired) electrons. The predicted octanol–water partition coefficient (Wildman–Crippen LogP) is 1.68. The van der Waals surface area contributed by atoms with E-state index in [1.54, 1.807) is 11.6 Å². The number of likely N-dealkylation sites (N-methyl/N-ethyl adjacent to an activating group) is 1. The molecule has 2 aromatic rings. The summed E-state index contributed by atoms with van der Waals surface area (Å²) in [4.78, 5) is 32.7. The number of carbonyl (C=O) groups is 2. The van der Waals surface area contributed by atoms with Crippen molar-refractivity contribution in [3.05, 3.63) is 35.5 Å². The highest BCUT2D eigenvalue weighted by Gasteiger charge is 2.22. The molecule has 2 heterocycles. The third-order valence-electron chi connectivity index (χ3n) is 3.10. The van der Waals surface area contributed by atoms with Crippen LogP contribution in [0.4, 0.5) is 0 Å². The number of carbonyl (C=O) groups excluding carboxylic acids is 1. The Morgan fingerprint density at radius 3 is 2.81 bits per heavy atom. The first kappa shape index (κ1) is 15.1. The lowest BCUT2D eigenvalue weighted by molar-refractivity contribution is -0.148. The molecule has 1 amide bonds. The maximum atomic E-state index is 12.0. The number of aromatic nitrogens is 2. The lowest BCUT2D eigenvalue weighted by Crippen LogP contribution is -2.41. The molecule has 0 aliphatic heterocycles. The molecule has 0 saturated carbocycles. The van der Waals surface area contributed by atoms with Gasteiger partial charge in [0.25, 0.3) is 0 Å². The van der Waals surface area contributed by atoms with Crippen LogP contribution in [0.25, 0.3) is 10.7 Å². The van der Waals surface area contributed by atoms with Gasteiger partial charge in [0.05, 0.1) is 17.8 Å². The van der Waals surface area contributed by atoms with E-state index in [1.807, 2.05) is 18.2 Å². The zero-order chi connectivity index (χ0) is 15.4. The third kappa shape index (κ3) is 3.63. The Kier molecular flexibility index (Phi) is 4.64. The summed E-state index contributed by atoms with van der Waals surface area (Å²) < 4.78 is 0. The van der Waals surface area contributed by atoms with Gasteiger partial charge in [0.2, 0.25) is 5.91 Å². The molecule has 1 unspecified atom stereocenters. The van der Waals surface area contributed by atoms with E-state index in [1.165, 1.54) is 30.2 Å². The SMILES string of the molecule is CC(C(=O)O)N(C)C(=O)Cc1csc(-c2ccccn2)n1. The van der Waals surface area contributed by atoms with Gasteiger partial charge in [-0.2, -0.15) is 0 Å². The van der Waals surface area contributed by atoms with Gasteiger partial charge >= 0.3 is 5.97 Å². The fraction of sp³-hybridized carbons (Fsp3) is 0.286. The molecule has 1 N–H and O–H groups in total. The van der Waals surface area contributed by atoms with Gasteiger partial charge in [0.15, 0.2) is 0 Å². The molecule has 0 aliphatic carbocycles. The van der Waals surface area contributed by atoms with E-state index in [4.69, 9.17) is 5.11 Å². The van der Waals surface area contributed by atoms with E-state index in [9.17, 15) is 9.59 Å². The van der Waals surface area contributed by atoms with Gasteiger partial charge in [-0.3, -0.25) is 9.78 Å². The van der Waals surface area contributed by atoms with Crippen LogP contribution in [0.3, 0.4) is 0 Å². The Hall–Kier alpha value is -2.28. The van der Waals surface area contributed by atoms with Gasteiger partial charge in [0.1, 0.15) is 11.0 Å². The average Bonchev–Trinajstić information content (AvgIpc) is 2.95. The third-order valence-corrected chi connectivity index (χ3v) is 4.01. The maximum absolute atomic E-state index is 12.0. The Morgan fingerprint density at radius 2 is 2.19 bits per heavy atom. The highest BCUT2D eigenvalue weighted by molar-refractivity contribution is 7.13. The number of thiazole rings is 1. The number of nitrogens with zero attached hydrogens (tertiary/aromatic N) is 3. The highest BCUT2D eigenvalue weighted by atomic mass is 32.1. The van der Waals surface area contributed by atoms with Crippen LogP contribution in [0.2, 0.25) is 0 Å². The number of carboxylic acid groups (broad SMARTS) is 1. The topological polar surface area (TPSA) is 83.4 Å². The van der Waals surface area contributed by atoms with Crippen molar-refractivity contribution < 1.29 is 14.7 Å². The van der Waals surface area contributed by atoms with Gasteiger partial charge in [-0.15, -0.1) is 11.3 Å². The smallest absolute Gasteiger partial charge is 0.326 e. The number of pyridine rings is 1. The molecular formula is C14H15N3O3S. The van der Waals surface area contributed by atoms with Crippen LogP contribution in [0.1, 0.15) is 12.6 Å². The fourth-order valence-electron chi connectivity index (χ4n) is 1.66. The highest BCUT2D eigenvalue weighted by Crippen LogP contribution is 2.21. The summed E-state index contributed by atoms with van der Waals surface area (Å²) in [7, 11) is 1.48. The zero-order valence-corrected chi connectivity index (χ0v) is 12.5. The molecule has 0 aliphatic rings. The van der Waals surface area contributed by atoms with Gasteiger partial charge in [-0.1, -0.05) is 6.07 Å². The van der Waals surface area contributed by atoms with Crippen molar-refractivity contribution >= 4 is 23.2 Å². The molecule has 0 bridgehead atoms. The predicted molar refractivity (Wildman–Crippen MR) is 78.9 cm³/mol. The van der Waals surface area contributed by atoms with Gasteiger partial charge in [-0.05, 0) is 19.1 Å². The van der Waals surface area contributed by atoms with E-state index < -0.39 is 12.0 Å². The van der Waals surface area contributed by atoms with E-state index >= 15 is 0 Å². The van der Waals surface area contributed by atoms with Crippen LogP contribution >= 0.6 is 11.3 Å². The Morgan fingerprint density at radius 1 is 1.43 bits per heavy atom. The summed E-state index contributed by atoms with van der Waals surface area (Å²) in [6.07, 6.45) is 1.77. The van der Waals surface area contributed by atoms with Crippen LogP contribution in [-0.2, 0) is 16.0 Å². The van der Waals surface area contributed by atoms with Gasteiger partial charge in [-0.25, -0.2) is 9.78 Å². The Balaban J connectivity index is 2.06. The molecular weight excluding hydrogens is 290 g/mol. The normalized spacial score (nSPS) is 11.9. The number of carboxylic acids is 1. The van der Waals surface area contributed by atoms with Crippen LogP contribution in [0, 0.1) is 0 Å². The molecule has 0 spiro atoms. The van der Waals surface area contributed by atoms with Crippen molar-refractivity contribution in [3.63, 3.8) is 0 Å². The Bertz CT molecular complexity index is 642. The van der Waals surface area contributed by atoms with E-state index in [2.05, 4.69) is 9.97 Å². The number of hydrogen-bond acceptors (Lipinski definition) is 5. The number of amides is 1. The first-order valence-electron chi connectivity index (χ1n) is 6.33. The average molecular weight is 305 g/mol. The van der Waals surface area contributed by atoms with Crippen molar-refractivity contribution in [2.75, 3.05) is 7.05 Å². The summed E-state index contributed by atoms with van der Waals surface area (Å²) in [6.45, 7) is 1.47. The summed E-state index contributed by atoms with van der Waals surface area (Å²) in [5.41, 5.74) is 1.38. The van der Waals surface area contributed by atoms with E-state index in [0.29, 0.717) is 5.69 Å². The van der Waals surface area contributed by atoms with Crippen molar-refractivity contribution in [2.24, 2.45) is 0 Å². The van der Waals surface area contributed by atoms with Crippen molar-refractivity contribution in [3.8, 4) is 10.7 Å². The second-order valence-electron chi connectivity index (χ2n) is 4.55. The minimum absolute atomic E-state index is 0.0808. The number of aliphatic carboxylic acids is 1. The van der Waals surface area contributed by atoms with Crippen LogP contribution in [0.15, 0.2) is 29.8 Å². The lowest BCUT2D eigenvalue weighted by Gasteiger charge is -2.20. The Labute approximate surface area is 126 Å². The van der Waals surface area contributed by atoms with E-state index in [-0.39, 0.29) is 12.3 Å². The minimum Gasteiger partial charge on any atom is -0.480 e. The summed E-state index contributed by atoms with van der Waals surface area (Å²) in [5, 5.41) is 11.4. The largest absolute Gasteiger partial charge is 0.480 e. The van der Waals surface area contributed by atoms with Gasteiger partial charge in [0, 0.05) is 18.6 Å². The zero-order valence-electron chi connectivity index (χ0n) is 11.7. The molecule has 21 heavy (non-hydrogen) atoms. The minimum atomic E-state index is -1.03. The summed E-state index contributed by atoms with van der Waals surface area (Å²) in [5.74, 6) is -1.30. The lowest BCUT2D eigenvalue weighted by atomic mass is 10.2. The molecule has 7 heteroatoms. The first-order chi connectivity index (χ1) is 9.99. The van der Waals surface area contributed by atoms with E-state index in [0.717, 1.165) is 10.7 Å². The molecule has 6 nitrogen and oxygen atoms in total. The quantitative estimate of drug-likeness (QED) is 0.908. The molecule has 1 atom stereocenters.